The first-order valence-electron chi connectivity index (χ1n) is 7.45. The summed E-state index contributed by atoms with van der Waals surface area (Å²) >= 11 is 0. The minimum absolute atomic E-state index is 0.141. The summed E-state index contributed by atoms with van der Waals surface area (Å²) in [5, 5.41) is 0. The average Bonchev–Trinajstić information content (AvgIpc) is 2.45. The predicted octanol–water partition coefficient (Wildman–Crippen LogP) is 3.34. The number of carbonyl (C=O) groups excluding carboxylic acids is 1. The van der Waals surface area contributed by atoms with Gasteiger partial charge in [0.2, 0.25) is 0 Å². The molecule has 4 heteroatoms. The molecule has 2 rings (SSSR count). The van der Waals surface area contributed by atoms with Crippen molar-refractivity contribution in [1.29, 1.82) is 0 Å². The van der Waals surface area contributed by atoms with Gasteiger partial charge in [0, 0.05) is 24.2 Å². The van der Waals surface area contributed by atoms with Gasteiger partial charge in [-0.2, -0.15) is 0 Å². The van der Waals surface area contributed by atoms with Crippen molar-refractivity contribution in [2.75, 3.05) is 18.8 Å². The molecule has 0 saturated heterocycles. The Hall–Kier alpha value is -1.71. The van der Waals surface area contributed by atoms with Crippen LogP contribution in [-0.4, -0.2) is 29.7 Å². The molecule has 0 atom stereocenters. The molecule has 1 heterocycles. The molecule has 1 aliphatic heterocycles. The summed E-state index contributed by atoms with van der Waals surface area (Å²) in [6.45, 7) is 11.3. The smallest absolute Gasteiger partial charge is 0.410 e. The van der Waals surface area contributed by atoms with Crippen LogP contribution in [0.4, 0.5) is 10.5 Å². The van der Waals surface area contributed by atoms with Crippen molar-refractivity contribution in [1.82, 2.24) is 4.90 Å². The molecule has 0 radical (unpaired) electrons. The van der Waals surface area contributed by atoms with Gasteiger partial charge in [-0.3, -0.25) is 0 Å². The number of nitrogen functional groups attached to an aromatic ring is 1. The number of amides is 1. The third kappa shape index (κ3) is 3.69. The number of hydrogen-bond acceptors (Lipinski definition) is 3. The van der Waals surface area contributed by atoms with Crippen LogP contribution >= 0.6 is 0 Å². The monoisotopic (exact) mass is 290 g/mol. The maximum Gasteiger partial charge on any atom is 0.410 e. The number of nitrogens with zero attached hydrogens (tertiary/aromatic N) is 1. The van der Waals surface area contributed by atoms with Gasteiger partial charge in [-0.1, -0.05) is 19.9 Å². The van der Waals surface area contributed by atoms with Crippen LogP contribution in [0.1, 0.15) is 45.7 Å². The maximum absolute atomic E-state index is 12.4. The van der Waals surface area contributed by atoms with Crippen molar-refractivity contribution in [2.45, 2.75) is 52.1 Å². The zero-order valence-electron chi connectivity index (χ0n) is 13.7. The molecular weight excluding hydrogens is 264 g/mol. The molecular formula is C17H26N2O2. The van der Waals surface area contributed by atoms with Crippen molar-refractivity contribution in [2.24, 2.45) is 0 Å². The third-order valence-corrected chi connectivity index (χ3v) is 3.75. The highest BCUT2D eigenvalue weighted by atomic mass is 16.6. The van der Waals surface area contributed by atoms with E-state index in [1.807, 2.05) is 32.9 Å². The Morgan fingerprint density at radius 3 is 2.62 bits per heavy atom. The lowest BCUT2D eigenvalue weighted by atomic mass is 9.81. The van der Waals surface area contributed by atoms with Crippen LogP contribution < -0.4 is 5.73 Å². The van der Waals surface area contributed by atoms with E-state index in [-0.39, 0.29) is 11.5 Å². The molecule has 0 bridgehead atoms. The molecule has 0 aromatic heterocycles. The van der Waals surface area contributed by atoms with Crippen molar-refractivity contribution in [3.05, 3.63) is 29.3 Å². The Balaban J connectivity index is 2.25. The number of ether oxygens (including phenoxy) is 1. The van der Waals surface area contributed by atoms with E-state index in [1.54, 1.807) is 4.90 Å². The van der Waals surface area contributed by atoms with Crippen molar-refractivity contribution in [3.8, 4) is 0 Å². The first-order chi connectivity index (χ1) is 9.58. The van der Waals surface area contributed by atoms with Gasteiger partial charge in [-0.25, -0.2) is 4.79 Å². The van der Waals surface area contributed by atoms with Crippen LogP contribution in [0.2, 0.25) is 0 Å². The van der Waals surface area contributed by atoms with Crippen molar-refractivity contribution >= 4 is 11.8 Å². The number of nitrogens with two attached hydrogens (primary N) is 1. The molecule has 0 saturated carbocycles. The molecule has 21 heavy (non-hydrogen) atoms. The van der Waals surface area contributed by atoms with Crippen molar-refractivity contribution in [3.63, 3.8) is 0 Å². The molecule has 0 unspecified atom stereocenters. The second-order valence-corrected chi connectivity index (χ2v) is 7.45. The molecule has 0 fully saturated rings. The van der Waals surface area contributed by atoms with Crippen LogP contribution in [0, 0.1) is 0 Å². The molecule has 116 valence electrons. The van der Waals surface area contributed by atoms with Crippen LogP contribution in [0.5, 0.6) is 0 Å². The summed E-state index contributed by atoms with van der Waals surface area (Å²) in [6, 6.07) is 6.04. The van der Waals surface area contributed by atoms with E-state index < -0.39 is 5.60 Å². The fourth-order valence-corrected chi connectivity index (χ4v) is 2.82. The number of hydrogen-bond donors (Lipinski definition) is 1. The molecule has 1 aromatic rings. The molecule has 4 nitrogen and oxygen atoms in total. The largest absolute Gasteiger partial charge is 0.444 e. The predicted molar refractivity (Wildman–Crippen MR) is 85.4 cm³/mol. The number of carbonyl (C=O) groups is 1. The van der Waals surface area contributed by atoms with Crippen LogP contribution in [-0.2, 0) is 16.6 Å². The molecule has 0 spiro atoms. The van der Waals surface area contributed by atoms with Crippen LogP contribution in [0.15, 0.2) is 18.2 Å². The number of fused-ring (bicyclic) bond motifs is 1. The Kier molecular flexibility index (Phi) is 3.91. The average molecular weight is 290 g/mol. The molecule has 2 N–H and O–H groups in total. The molecule has 1 aliphatic rings. The number of rotatable bonds is 0. The van der Waals surface area contributed by atoms with Gasteiger partial charge in [0.1, 0.15) is 5.60 Å². The molecule has 0 aliphatic carbocycles. The molecule has 1 aromatic carbocycles. The fourth-order valence-electron chi connectivity index (χ4n) is 2.82. The van der Waals surface area contributed by atoms with E-state index in [1.165, 1.54) is 11.1 Å². The summed E-state index contributed by atoms with van der Waals surface area (Å²) in [4.78, 5) is 14.2. The minimum Gasteiger partial charge on any atom is -0.444 e. The number of benzene rings is 1. The van der Waals surface area contributed by atoms with E-state index >= 15 is 0 Å². The normalized spacial score (nSPS) is 17.9. The SMILES string of the molecule is CC(C)(C)OC(=O)N1CCc2ccc(N)cc2C(C)(C)C1. The van der Waals surface area contributed by atoms with Crippen molar-refractivity contribution < 1.29 is 9.53 Å². The lowest BCUT2D eigenvalue weighted by molar-refractivity contribution is 0.0225. The van der Waals surface area contributed by atoms with Crippen LogP contribution in [0.25, 0.3) is 0 Å². The standard InChI is InChI=1S/C17H26N2O2/c1-16(2,3)21-15(20)19-9-8-12-6-7-13(18)10-14(12)17(4,5)11-19/h6-7,10H,8-9,11,18H2,1-5H3. The number of anilines is 1. The van der Waals surface area contributed by atoms with Gasteiger partial charge in [0.15, 0.2) is 0 Å². The minimum atomic E-state index is -0.467. The lowest BCUT2D eigenvalue weighted by Crippen LogP contribution is -2.42. The van der Waals surface area contributed by atoms with E-state index in [9.17, 15) is 4.79 Å². The highest BCUT2D eigenvalue weighted by Gasteiger charge is 2.33. The maximum atomic E-state index is 12.4. The third-order valence-electron chi connectivity index (χ3n) is 3.75. The van der Waals surface area contributed by atoms with E-state index in [0.717, 1.165) is 12.1 Å². The summed E-state index contributed by atoms with van der Waals surface area (Å²) < 4.78 is 5.51. The summed E-state index contributed by atoms with van der Waals surface area (Å²) in [5.41, 5.74) is 8.58. The van der Waals surface area contributed by atoms with Gasteiger partial charge in [0.25, 0.3) is 0 Å². The van der Waals surface area contributed by atoms with Gasteiger partial charge in [-0.05, 0) is 50.5 Å². The fraction of sp³-hybridized carbons (Fsp3) is 0.588. The highest BCUT2D eigenvalue weighted by Crippen LogP contribution is 2.32. The quantitative estimate of drug-likeness (QED) is 0.746. The van der Waals surface area contributed by atoms with E-state index in [0.29, 0.717) is 13.1 Å². The zero-order valence-corrected chi connectivity index (χ0v) is 13.7. The Labute approximate surface area is 127 Å². The van der Waals surface area contributed by atoms with E-state index in [4.69, 9.17) is 10.5 Å². The topological polar surface area (TPSA) is 55.6 Å². The van der Waals surface area contributed by atoms with Gasteiger partial charge >= 0.3 is 6.09 Å². The second-order valence-electron chi connectivity index (χ2n) is 7.45. The Morgan fingerprint density at radius 1 is 1.33 bits per heavy atom. The Bertz CT molecular complexity index is 544. The first kappa shape index (κ1) is 15.7. The Morgan fingerprint density at radius 2 is 2.00 bits per heavy atom. The summed E-state index contributed by atoms with van der Waals surface area (Å²) in [7, 11) is 0. The first-order valence-corrected chi connectivity index (χ1v) is 7.45. The summed E-state index contributed by atoms with van der Waals surface area (Å²) in [6.07, 6.45) is 0.592. The summed E-state index contributed by atoms with van der Waals surface area (Å²) in [5.74, 6) is 0. The van der Waals surface area contributed by atoms with Crippen LogP contribution in [0.3, 0.4) is 0 Å². The molecule has 1 amide bonds. The van der Waals surface area contributed by atoms with Gasteiger partial charge < -0.3 is 15.4 Å². The second kappa shape index (κ2) is 5.24. The zero-order chi connectivity index (χ0) is 15.8. The highest BCUT2D eigenvalue weighted by molar-refractivity contribution is 5.68. The van der Waals surface area contributed by atoms with Gasteiger partial charge in [-0.15, -0.1) is 0 Å². The van der Waals surface area contributed by atoms with E-state index in [2.05, 4.69) is 19.9 Å². The van der Waals surface area contributed by atoms with Gasteiger partial charge in [0.05, 0.1) is 0 Å². The lowest BCUT2D eigenvalue weighted by Gasteiger charge is -2.32.